The van der Waals surface area contributed by atoms with Crippen molar-refractivity contribution in [2.24, 2.45) is 17.6 Å². The summed E-state index contributed by atoms with van der Waals surface area (Å²) < 4.78 is 4.41. The number of hydrogen-bond acceptors (Lipinski definition) is 5. The maximum Gasteiger partial charge on any atom is 0.332 e. The summed E-state index contributed by atoms with van der Waals surface area (Å²) in [5.74, 6) is 0.557. The van der Waals surface area contributed by atoms with E-state index < -0.39 is 5.69 Å². The van der Waals surface area contributed by atoms with E-state index in [-0.39, 0.29) is 17.5 Å². The Kier molecular flexibility index (Phi) is 3.51. The molecule has 3 heterocycles. The van der Waals surface area contributed by atoms with Crippen LogP contribution in [0, 0.1) is 5.41 Å². The smallest absolute Gasteiger partial charge is 0.297 e. The van der Waals surface area contributed by atoms with Crippen molar-refractivity contribution in [1.29, 1.82) is 0 Å². The molecule has 2 aromatic rings. The summed E-state index contributed by atoms with van der Waals surface area (Å²) >= 11 is 0. The summed E-state index contributed by atoms with van der Waals surface area (Å²) in [6, 6.07) is 0. The van der Waals surface area contributed by atoms with Crippen LogP contribution in [0.2, 0.25) is 0 Å². The van der Waals surface area contributed by atoms with Crippen molar-refractivity contribution in [2.45, 2.75) is 33.9 Å². The van der Waals surface area contributed by atoms with Gasteiger partial charge in [0.1, 0.15) is 0 Å². The molecule has 0 N–H and O–H groups in total. The Morgan fingerprint density at radius 2 is 1.92 bits per heavy atom. The first-order valence-corrected chi connectivity index (χ1v) is 7.79. The number of allylic oxidation sites excluding steroid dienone is 1. The lowest BCUT2D eigenvalue weighted by atomic mass is 9.89. The molecule has 3 rings (SSSR count). The number of nitrogens with zero attached hydrogens (tertiary/aromatic N) is 6. The number of anilines is 1. The molecule has 0 aliphatic carbocycles. The van der Waals surface area contributed by atoms with Crippen molar-refractivity contribution < 1.29 is 0 Å². The Morgan fingerprint density at radius 1 is 1.25 bits per heavy atom. The highest BCUT2D eigenvalue weighted by Gasteiger charge is 2.30. The first kappa shape index (κ1) is 16.2. The van der Waals surface area contributed by atoms with E-state index in [1.54, 1.807) is 19.1 Å². The zero-order valence-electron chi connectivity index (χ0n) is 14.7. The van der Waals surface area contributed by atoms with Gasteiger partial charge in [0.15, 0.2) is 11.2 Å². The number of aryl methyl sites for hydroxylation is 1. The van der Waals surface area contributed by atoms with Crippen LogP contribution in [0.25, 0.3) is 11.2 Å². The molecule has 0 unspecified atom stereocenters. The molecule has 0 saturated carbocycles. The van der Waals surface area contributed by atoms with Crippen molar-refractivity contribution in [1.82, 2.24) is 18.7 Å². The van der Waals surface area contributed by atoms with E-state index in [4.69, 9.17) is 0 Å². The van der Waals surface area contributed by atoms with Gasteiger partial charge in [-0.2, -0.15) is 10.1 Å². The minimum atomic E-state index is -0.400. The first-order chi connectivity index (χ1) is 11.2. The third-order valence-electron chi connectivity index (χ3n) is 4.26. The van der Waals surface area contributed by atoms with E-state index in [1.165, 1.54) is 15.2 Å². The van der Waals surface area contributed by atoms with Crippen LogP contribution in [-0.4, -0.2) is 31.4 Å². The molecule has 0 aromatic carbocycles. The van der Waals surface area contributed by atoms with Crippen LogP contribution in [-0.2, 0) is 20.1 Å². The lowest BCUT2D eigenvalue weighted by molar-refractivity contribution is 0.554. The molecule has 128 valence electrons. The lowest BCUT2D eigenvalue weighted by Crippen LogP contribution is -2.40. The average Bonchev–Trinajstić information content (AvgIpc) is 2.89. The van der Waals surface area contributed by atoms with Crippen LogP contribution in [0.1, 0.15) is 20.8 Å². The molecular formula is C16H22N6O2. The Balaban J connectivity index is 2.36. The molecule has 0 radical (unpaired) electrons. The lowest BCUT2D eigenvalue weighted by Gasteiger charge is -2.29. The van der Waals surface area contributed by atoms with Crippen LogP contribution in [0.15, 0.2) is 27.3 Å². The third-order valence-corrected chi connectivity index (χ3v) is 4.26. The Bertz CT molecular complexity index is 983. The highest BCUT2D eigenvalue weighted by molar-refractivity contribution is 5.93. The van der Waals surface area contributed by atoms with Crippen molar-refractivity contribution >= 4 is 22.8 Å². The summed E-state index contributed by atoms with van der Waals surface area (Å²) in [5, 5.41) is 6.24. The van der Waals surface area contributed by atoms with E-state index in [0.29, 0.717) is 23.7 Å². The van der Waals surface area contributed by atoms with Crippen LogP contribution in [0.3, 0.4) is 0 Å². The van der Waals surface area contributed by atoms with Gasteiger partial charge in [0.25, 0.3) is 5.56 Å². The molecule has 8 nitrogen and oxygen atoms in total. The third kappa shape index (κ3) is 2.21. The van der Waals surface area contributed by atoms with E-state index in [1.807, 2.05) is 4.57 Å². The van der Waals surface area contributed by atoms with E-state index >= 15 is 0 Å². The van der Waals surface area contributed by atoms with Gasteiger partial charge >= 0.3 is 5.69 Å². The summed E-state index contributed by atoms with van der Waals surface area (Å²) in [6.45, 7) is 10.5. The van der Waals surface area contributed by atoms with Gasteiger partial charge < -0.3 is 0 Å². The minimum Gasteiger partial charge on any atom is -0.297 e. The number of hydrogen-bond donors (Lipinski definition) is 0. The molecule has 0 bridgehead atoms. The normalized spacial score (nSPS) is 14.7. The summed E-state index contributed by atoms with van der Waals surface area (Å²) in [6.07, 6.45) is 1.54. The quantitative estimate of drug-likeness (QED) is 0.768. The molecule has 0 amide bonds. The molecule has 8 heteroatoms. The summed E-state index contributed by atoms with van der Waals surface area (Å²) in [5.41, 5.74) is 0.844. The zero-order chi connectivity index (χ0) is 17.8. The molecule has 24 heavy (non-hydrogen) atoms. The molecule has 0 spiro atoms. The van der Waals surface area contributed by atoms with E-state index in [2.05, 4.69) is 37.4 Å². The monoisotopic (exact) mass is 330 g/mol. The Labute approximate surface area is 139 Å². The fourth-order valence-corrected chi connectivity index (χ4v) is 2.84. The maximum absolute atomic E-state index is 12.9. The highest BCUT2D eigenvalue weighted by Crippen LogP contribution is 2.27. The first-order valence-electron chi connectivity index (χ1n) is 7.79. The molecule has 1 aliphatic heterocycles. The fourth-order valence-electron chi connectivity index (χ4n) is 2.84. The second kappa shape index (κ2) is 5.19. The Hall–Kier alpha value is -2.64. The van der Waals surface area contributed by atoms with Crippen LogP contribution in [0.4, 0.5) is 5.95 Å². The second-order valence-electron chi connectivity index (χ2n) is 7.04. The highest BCUT2D eigenvalue weighted by atomic mass is 16.2. The van der Waals surface area contributed by atoms with Crippen LogP contribution in [0.5, 0.6) is 0 Å². The molecule has 2 aromatic heterocycles. The van der Waals surface area contributed by atoms with Gasteiger partial charge in [-0.25, -0.2) is 9.80 Å². The number of hydrazone groups is 1. The van der Waals surface area contributed by atoms with Crippen molar-refractivity contribution in [3.63, 3.8) is 0 Å². The van der Waals surface area contributed by atoms with Crippen molar-refractivity contribution in [2.75, 3.05) is 12.1 Å². The summed E-state index contributed by atoms with van der Waals surface area (Å²) in [4.78, 5) is 29.7. The van der Waals surface area contributed by atoms with Crippen LogP contribution < -0.4 is 16.3 Å². The van der Waals surface area contributed by atoms with Gasteiger partial charge in [-0.15, -0.1) is 6.58 Å². The predicted octanol–water partition coefficient (Wildman–Crippen LogP) is 0.935. The second-order valence-corrected chi connectivity index (χ2v) is 7.04. The fraction of sp³-hybridized carbons (Fsp3) is 0.500. The molecule has 0 fully saturated rings. The zero-order valence-corrected chi connectivity index (χ0v) is 14.7. The largest absolute Gasteiger partial charge is 0.332 e. The summed E-state index contributed by atoms with van der Waals surface area (Å²) in [7, 11) is 3.41. The number of aromatic nitrogens is 4. The topological polar surface area (TPSA) is 77.4 Å². The van der Waals surface area contributed by atoms with Gasteiger partial charge in [0, 0.05) is 26.1 Å². The molecule has 1 aliphatic rings. The van der Waals surface area contributed by atoms with Gasteiger partial charge in [-0.05, 0) is 0 Å². The predicted molar refractivity (Wildman–Crippen MR) is 94.7 cm³/mol. The maximum atomic E-state index is 12.9. The van der Waals surface area contributed by atoms with E-state index in [9.17, 15) is 9.59 Å². The average molecular weight is 330 g/mol. The SMILES string of the molecule is C=CCn1c(=O)c2c(nc3n2CC(C(C)(C)C)=NN3C)n(C)c1=O. The van der Waals surface area contributed by atoms with Gasteiger partial charge in [-0.3, -0.25) is 18.5 Å². The van der Waals surface area contributed by atoms with Crippen molar-refractivity contribution in [3.8, 4) is 0 Å². The Morgan fingerprint density at radius 3 is 2.50 bits per heavy atom. The van der Waals surface area contributed by atoms with E-state index in [0.717, 1.165) is 5.71 Å². The van der Waals surface area contributed by atoms with Gasteiger partial charge in [-0.1, -0.05) is 26.8 Å². The molecule has 0 saturated heterocycles. The van der Waals surface area contributed by atoms with Gasteiger partial charge in [0.2, 0.25) is 5.95 Å². The molecular weight excluding hydrogens is 308 g/mol. The number of imidazole rings is 1. The number of rotatable bonds is 2. The van der Waals surface area contributed by atoms with Crippen LogP contribution >= 0.6 is 0 Å². The standard InChI is InChI=1S/C16H22N6O2/c1-7-8-21-13(23)11-12(19(5)15(21)24)17-14-20(6)18-10(9-22(11)14)16(2,3)4/h7H,1,8-9H2,2-6H3. The number of fused-ring (bicyclic) bond motifs is 3. The molecule has 0 atom stereocenters. The minimum absolute atomic E-state index is 0.136. The van der Waals surface area contributed by atoms with Gasteiger partial charge in [0.05, 0.1) is 12.3 Å². The van der Waals surface area contributed by atoms with Crippen molar-refractivity contribution in [3.05, 3.63) is 33.5 Å².